The first kappa shape index (κ1) is 21.6. The molecule has 0 radical (unpaired) electrons. The van der Waals surface area contributed by atoms with E-state index in [0.29, 0.717) is 23.2 Å². The lowest BCUT2D eigenvalue weighted by molar-refractivity contribution is 0.1000. The third-order valence-corrected chi connectivity index (χ3v) is 6.59. The Morgan fingerprint density at radius 1 is 0.750 bits per heavy atom. The summed E-state index contributed by atoms with van der Waals surface area (Å²) in [7, 11) is 0. The summed E-state index contributed by atoms with van der Waals surface area (Å²) in [5, 5.41) is 1.72. The number of ketones is 1. The number of furan rings is 1. The lowest BCUT2D eigenvalue weighted by atomic mass is 9.98. The number of aromatic nitrogens is 1. The summed E-state index contributed by atoms with van der Waals surface area (Å²) in [5.74, 6) is 0.249. The molecule has 0 fully saturated rings. The maximum Gasteiger partial charge on any atom is 0.249 e. The Morgan fingerprint density at radius 2 is 1.53 bits per heavy atom. The molecule has 0 saturated carbocycles. The number of amides is 1. The molecule has 6 rings (SSSR count). The fourth-order valence-electron chi connectivity index (χ4n) is 4.91. The van der Waals surface area contributed by atoms with Crippen molar-refractivity contribution in [3.63, 3.8) is 0 Å². The molecule has 174 valence electrons. The molecule has 5 heteroatoms. The average molecular weight is 471 g/mol. The van der Waals surface area contributed by atoms with Crippen LogP contribution in [0.4, 0.5) is 0 Å². The molecule has 0 spiro atoms. The highest BCUT2D eigenvalue weighted by molar-refractivity contribution is 6.18. The number of hydrogen-bond donors (Lipinski definition) is 1. The Kier molecular flexibility index (Phi) is 5.23. The van der Waals surface area contributed by atoms with Crippen molar-refractivity contribution in [3.05, 3.63) is 132 Å². The molecule has 6 aromatic rings. The predicted molar refractivity (Wildman–Crippen MR) is 141 cm³/mol. The summed E-state index contributed by atoms with van der Waals surface area (Å²) in [5.41, 5.74) is 11.1. The second-order valence-electron chi connectivity index (χ2n) is 8.71. The highest BCUT2D eigenvalue weighted by atomic mass is 16.3. The SMILES string of the molecule is NC(=O)c1cccc2c1c1ccc(-c3ccco3)cc1n2Cc1ccccc1C(=O)c1ccccc1. The zero-order valence-electron chi connectivity index (χ0n) is 19.3. The molecule has 0 saturated heterocycles. The monoisotopic (exact) mass is 470 g/mol. The van der Waals surface area contributed by atoms with Gasteiger partial charge in [0.1, 0.15) is 5.76 Å². The minimum Gasteiger partial charge on any atom is -0.464 e. The topological polar surface area (TPSA) is 78.2 Å². The van der Waals surface area contributed by atoms with Crippen molar-refractivity contribution in [2.24, 2.45) is 5.73 Å². The van der Waals surface area contributed by atoms with Gasteiger partial charge in [-0.15, -0.1) is 0 Å². The van der Waals surface area contributed by atoms with E-state index in [1.165, 1.54) is 0 Å². The molecule has 1 amide bonds. The quantitative estimate of drug-likeness (QED) is 0.285. The Hall–Kier alpha value is -4.90. The van der Waals surface area contributed by atoms with Gasteiger partial charge in [-0.1, -0.05) is 72.8 Å². The maximum absolute atomic E-state index is 13.4. The molecule has 2 aromatic heterocycles. The fraction of sp³-hybridized carbons (Fsp3) is 0.0323. The van der Waals surface area contributed by atoms with Gasteiger partial charge in [0.25, 0.3) is 0 Å². The summed E-state index contributed by atoms with van der Waals surface area (Å²) in [6.45, 7) is 0.443. The van der Waals surface area contributed by atoms with Crippen molar-refractivity contribution < 1.29 is 14.0 Å². The Morgan fingerprint density at radius 3 is 2.31 bits per heavy atom. The molecule has 2 N–H and O–H groups in total. The number of hydrogen-bond acceptors (Lipinski definition) is 3. The number of rotatable bonds is 6. The summed E-state index contributed by atoms with van der Waals surface area (Å²) in [6.07, 6.45) is 1.64. The van der Waals surface area contributed by atoms with Crippen molar-refractivity contribution in [1.29, 1.82) is 0 Å². The van der Waals surface area contributed by atoms with Gasteiger partial charge in [0.15, 0.2) is 5.78 Å². The van der Waals surface area contributed by atoms with Gasteiger partial charge in [-0.25, -0.2) is 0 Å². The van der Waals surface area contributed by atoms with Crippen molar-refractivity contribution in [3.8, 4) is 11.3 Å². The van der Waals surface area contributed by atoms with Crippen molar-refractivity contribution >= 4 is 33.5 Å². The lowest BCUT2D eigenvalue weighted by Gasteiger charge is -2.13. The van der Waals surface area contributed by atoms with Gasteiger partial charge in [-0.3, -0.25) is 9.59 Å². The van der Waals surface area contributed by atoms with Crippen molar-refractivity contribution in [2.75, 3.05) is 0 Å². The number of benzene rings is 4. The average Bonchev–Trinajstić information content (AvgIpc) is 3.56. The van der Waals surface area contributed by atoms with Crippen LogP contribution < -0.4 is 5.73 Å². The minimum atomic E-state index is -0.477. The molecule has 0 aliphatic rings. The van der Waals surface area contributed by atoms with Crippen molar-refractivity contribution in [1.82, 2.24) is 4.57 Å². The Labute approximate surface area is 207 Å². The minimum absolute atomic E-state index is 0.0268. The van der Waals surface area contributed by atoms with Gasteiger partial charge in [-0.2, -0.15) is 0 Å². The zero-order chi connectivity index (χ0) is 24.6. The largest absolute Gasteiger partial charge is 0.464 e. The van der Waals surface area contributed by atoms with Crippen molar-refractivity contribution in [2.45, 2.75) is 6.54 Å². The van der Waals surface area contributed by atoms with E-state index in [1.807, 2.05) is 91.0 Å². The third kappa shape index (κ3) is 3.58. The van der Waals surface area contributed by atoms with Crippen LogP contribution in [0.5, 0.6) is 0 Å². The van der Waals surface area contributed by atoms with Crippen LogP contribution in [0.1, 0.15) is 31.8 Å². The second-order valence-corrected chi connectivity index (χ2v) is 8.71. The second kappa shape index (κ2) is 8.71. The molecule has 0 bridgehead atoms. The van der Waals surface area contributed by atoms with Gasteiger partial charge in [-0.05, 0) is 35.9 Å². The first-order valence-corrected chi connectivity index (χ1v) is 11.7. The van der Waals surface area contributed by atoms with Crippen LogP contribution in [-0.4, -0.2) is 16.3 Å². The summed E-state index contributed by atoms with van der Waals surface area (Å²) < 4.78 is 7.77. The number of nitrogens with zero attached hydrogens (tertiary/aromatic N) is 1. The molecular weight excluding hydrogens is 448 g/mol. The predicted octanol–water partition coefficient (Wildman–Crippen LogP) is 6.43. The molecule has 0 atom stereocenters. The fourth-order valence-corrected chi connectivity index (χ4v) is 4.91. The van der Waals surface area contributed by atoms with Crippen LogP contribution in [0.3, 0.4) is 0 Å². The summed E-state index contributed by atoms with van der Waals surface area (Å²) in [6, 6.07) is 32.3. The van der Waals surface area contributed by atoms with Gasteiger partial charge < -0.3 is 14.7 Å². The van der Waals surface area contributed by atoms with Crippen LogP contribution in [0, 0.1) is 0 Å². The first-order valence-electron chi connectivity index (χ1n) is 11.7. The molecule has 2 heterocycles. The Balaban J connectivity index is 1.58. The van der Waals surface area contributed by atoms with Gasteiger partial charge in [0.05, 0.1) is 17.3 Å². The molecular formula is C31H22N2O3. The normalized spacial score (nSPS) is 11.2. The van der Waals surface area contributed by atoms with E-state index in [0.717, 1.165) is 38.7 Å². The third-order valence-electron chi connectivity index (χ3n) is 6.59. The van der Waals surface area contributed by atoms with E-state index >= 15 is 0 Å². The zero-order valence-corrected chi connectivity index (χ0v) is 19.3. The smallest absolute Gasteiger partial charge is 0.249 e. The van der Waals surface area contributed by atoms with E-state index in [1.54, 1.807) is 12.3 Å². The molecule has 0 unspecified atom stereocenters. The highest BCUT2D eigenvalue weighted by Crippen LogP contribution is 2.35. The summed E-state index contributed by atoms with van der Waals surface area (Å²) >= 11 is 0. The van der Waals surface area contributed by atoms with Crippen LogP contribution in [0.2, 0.25) is 0 Å². The van der Waals surface area contributed by atoms with Crippen LogP contribution in [0.25, 0.3) is 33.1 Å². The standard InChI is InChI=1S/C31H22N2O3/c32-31(35)25-12-6-13-26-29(25)24-16-15-21(28-14-7-17-36-28)18-27(24)33(26)19-22-10-4-5-11-23(22)30(34)20-8-2-1-3-9-20/h1-18H,19H2,(H2,32,35). The van der Waals surface area contributed by atoms with Crippen LogP contribution in [-0.2, 0) is 6.54 Å². The molecule has 0 aliphatic heterocycles. The molecule has 5 nitrogen and oxygen atoms in total. The number of primary amides is 1. The van der Waals surface area contributed by atoms with Gasteiger partial charge >= 0.3 is 0 Å². The van der Waals surface area contributed by atoms with E-state index < -0.39 is 5.91 Å². The first-order chi connectivity index (χ1) is 17.6. The van der Waals surface area contributed by atoms with Crippen LogP contribution >= 0.6 is 0 Å². The molecule has 0 aliphatic carbocycles. The maximum atomic E-state index is 13.4. The lowest BCUT2D eigenvalue weighted by Crippen LogP contribution is -2.11. The molecule has 36 heavy (non-hydrogen) atoms. The summed E-state index contributed by atoms with van der Waals surface area (Å²) in [4.78, 5) is 25.7. The van der Waals surface area contributed by atoms with Gasteiger partial charge in [0, 0.05) is 39.6 Å². The van der Waals surface area contributed by atoms with E-state index in [9.17, 15) is 9.59 Å². The number of nitrogens with two attached hydrogens (primary N) is 1. The number of carbonyl (C=O) groups is 2. The number of carbonyl (C=O) groups excluding carboxylic acids is 2. The Bertz CT molecular complexity index is 1750. The van der Waals surface area contributed by atoms with Crippen LogP contribution in [0.15, 0.2) is 114 Å². The van der Waals surface area contributed by atoms with E-state index in [4.69, 9.17) is 10.2 Å². The van der Waals surface area contributed by atoms with E-state index in [-0.39, 0.29) is 5.78 Å². The molecule has 4 aromatic carbocycles. The van der Waals surface area contributed by atoms with E-state index in [2.05, 4.69) is 10.6 Å². The van der Waals surface area contributed by atoms with Gasteiger partial charge in [0.2, 0.25) is 5.91 Å². The number of fused-ring (bicyclic) bond motifs is 3. The highest BCUT2D eigenvalue weighted by Gasteiger charge is 2.20.